The molecule has 3 amide bonds. The van der Waals surface area contributed by atoms with Crippen LogP contribution in [0.5, 0.6) is 0 Å². The van der Waals surface area contributed by atoms with Crippen LogP contribution in [0.1, 0.15) is 49.3 Å². The normalized spacial score (nSPS) is 12.6. The lowest BCUT2D eigenvalue weighted by molar-refractivity contribution is -0.142. The largest absolute Gasteiger partial charge is 0.466 e. The fraction of sp³-hybridized carbons (Fsp3) is 0.174. The SMILES string of the molecule is CCOC(=O)Cc1csc(NC(=O)c2ccc3c(c2)C(=O)N(Cc2ccccc2)C3=O)n1. The number of carbonyl (C=O) groups excluding carboxylic acids is 4. The average molecular weight is 449 g/mol. The van der Waals surface area contributed by atoms with E-state index in [9.17, 15) is 19.2 Å². The molecule has 2 heterocycles. The van der Waals surface area contributed by atoms with Crippen molar-refractivity contribution in [1.29, 1.82) is 0 Å². The minimum Gasteiger partial charge on any atom is -0.466 e. The summed E-state index contributed by atoms with van der Waals surface area (Å²) in [5.41, 5.74) is 2.03. The zero-order chi connectivity index (χ0) is 22.7. The van der Waals surface area contributed by atoms with Crippen LogP contribution in [0.15, 0.2) is 53.9 Å². The summed E-state index contributed by atoms with van der Waals surface area (Å²) in [4.78, 5) is 55.1. The number of aromatic nitrogens is 1. The molecule has 0 bridgehead atoms. The molecule has 0 aliphatic carbocycles. The maximum atomic E-state index is 12.8. The molecule has 3 aromatic rings. The Hall–Kier alpha value is -3.85. The number of hydrogen-bond acceptors (Lipinski definition) is 7. The predicted molar refractivity (Wildman–Crippen MR) is 117 cm³/mol. The van der Waals surface area contributed by atoms with Gasteiger partial charge in [0.1, 0.15) is 0 Å². The Labute approximate surface area is 187 Å². The van der Waals surface area contributed by atoms with Gasteiger partial charge in [-0.15, -0.1) is 11.3 Å². The number of esters is 1. The van der Waals surface area contributed by atoms with Crippen molar-refractivity contribution in [3.63, 3.8) is 0 Å². The van der Waals surface area contributed by atoms with Crippen molar-refractivity contribution in [2.24, 2.45) is 0 Å². The summed E-state index contributed by atoms with van der Waals surface area (Å²) in [6.45, 7) is 2.17. The Morgan fingerprint density at radius 3 is 2.56 bits per heavy atom. The van der Waals surface area contributed by atoms with Crippen LogP contribution >= 0.6 is 11.3 Å². The van der Waals surface area contributed by atoms with Crippen molar-refractivity contribution in [2.45, 2.75) is 19.9 Å². The van der Waals surface area contributed by atoms with Crippen LogP contribution in [-0.4, -0.2) is 40.2 Å². The molecule has 1 aromatic heterocycles. The van der Waals surface area contributed by atoms with E-state index in [1.54, 1.807) is 12.3 Å². The maximum Gasteiger partial charge on any atom is 0.311 e. The van der Waals surface area contributed by atoms with Crippen molar-refractivity contribution < 1.29 is 23.9 Å². The molecular weight excluding hydrogens is 430 g/mol. The molecule has 32 heavy (non-hydrogen) atoms. The van der Waals surface area contributed by atoms with Gasteiger partial charge < -0.3 is 4.74 Å². The smallest absolute Gasteiger partial charge is 0.311 e. The summed E-state index contributed by atoms with van der Waals surface area (Å²) in [6, 6.07) is 13.6. The Balaban J connectivity index is 1.46. The molecule has 8 nitrogen and oxygen atoms in total. The molecule has 1 aliphatic rings. The summed E-state index contributed by atoms with van der Waals surface area (Å²) in [6.07, 6.45) is 0.0208. The Kier molecular flexibility index (Phi) is 6.09. The molecule has 0 saturated carbocycles. The number of imide groups is 1. The third-order valence-electron chi connectivity index (χ3n) is 4.82. The summed E-state index contributed by atoms with van der Waals surface area (Å²) in [5.74, 6) is -1.68. The van der Waals surface area contributed by atoms with Gasteiger partial charge in [0.2, 0.25) is 0 Å². The molecule has 4 rings (SSSR count). The van der Waals surface area contributed by atoms with E-state index in [1.807, 2.05) is 30.3 Å². The molecule has 1 N–H and O–H groups in total. The summed E-state index contributed by atoms with van der Waals surface area (Å²) >= 11 is 1.18. The van der Waals surface area contributed by atoms with Crippen LogP contribution in [0, 0.1) is 0 Å². The second-order valence-corrected chi connectivity index (χ2v) is 7.88. The first kappa shape index (κ1) is 21.4. The molecule has 0 radical (unpaired) electrons. The van der Waals surface area contributed by atoms with Crippen molar-refractivity contribution in [3.8, 4) is 0 Å². The Bertz CT molecular complexity index is 1210. The van der Waals surface area contributed by atoms with E-state index in [4.69, 9.17) is 4.74 Å². The van der Waals surface area contributed by atoms with E-state index in [2.05, 4.69) is 10.3 Å². The Morgan fingerprint density at radius 2 is 1.81 bits per heavy atom. The third-order valence-corrected chi connectivity index (χ3v) is 5.63. The number of benzene rings is 2. The average Bonchev–Trinajstić information content (AvgIpc) is 3.32. The highest BCUT2D eigenvalue weighted by molar-refractivity contribution is 7.14. The molecular formula is C23H19N3O5S. The number of nitrogens with one attached hydrogen (secondary N) is 1. The second kappa shape index (κ2) is 9.11. The fourth-order valence-corrected chi connectivity index (χ4v) is 4.02. The van der Waals surface area contributed by atoms with E-state index in [1.165, 1.54) is 34.4 Å². The minimum atomic E-state index is -0.466. The first-order valence-corrected chi connectivity index (χ1v) is 10.8. The molecule has 9 heteroatoms. The molecule has 1 aliphatic heterocycles. The maximum absolute atomic E-state index is 12.8. The molecule has 2 aromatic carbocycles. The number of thiazole rings is 1. The quantitative estimate of drug-likeness (QED) is 0.438. The number of rotatable bonds is 7. The van der Waals surface area contributed by atoms with Crippen LogP contribution in [-0.2, 0) is 22.5 Å². The molecule has 162 valence electrons. The highest BCUT2D eigenvalue weighted by Gasteiger charge is 2.36. The lowest BCUT2D eigenvalue weighted by Gasteiger charge is -2.13. The van der Waals surface area contributed by atoms with Gasteiger partial charge in [-0.05, 0) is 30.7 Å². The second-order valence-electron chi connectivity index (χ2n) is 7.02. The van der Waals surface area contributed by atoms with Crippen LogP contribution < -0.4 is 5.32 Å². The molecule has 0 spiro atoms. The van der Waals surface area contributed by atoms with Gasteiger partial charge in [-0.25, -0.2) is 4.98 Å². The number of ether oxygens (including phenoxy) is 1. The molecule has 0 atom stereocenters. The molecule has 0 unspecified atom stereocenters. The van der Waals surface area contributed by atoms with E-state index >= 15 is 0 Å². The Morgan fingerprint density at radius 1 is 1.06 bits per heavy atom. The minimum absolute atomic E-state index is 0.0208. The first-order valence-electron chi connectivity index (χ1n) is 9.91. The van der Waals surface area contributed by atoms with Gasteiger partial charge in [-0.1, -0.05) is 30.3 Å². The van der Waals surface area contributed by atoms with Gasteiger partial charge in [-0.2, -0.15) is 0 Å². The summed E-state index contributed by atoms with van der Waals surface area (Å²) in [7, 11) is 0. The number of carbonyl (C=O) groups is 4. The van der Waals surface area contributed by atoms with Gasteiger partial charge in [-0.3, -0.25) is 29.4 Å². The zero-order valence-corrected chi connectivity index (χ0v) is 18.0. The van der Waals surface area contributed by atoms with E-state index in [-0.39, 0.29) is 42.2 Å². The van der Waals surface area contributed by atoms with Crippen molar-refractivity contribution in [2.75, 3.05) is 11.9 Å². The lowest BCUT2D eigenvalue weighted by atomic mass is 10.1. The lowest BCUT2D eigenvalue weighted by Crippen LogP contribution is -2.29. The van der Waals surface area contributed by atoms with Crippen LogP contribution in [0.25, 0.3) is 0 Å². The van der Waals surface area contributed by atoms with E-state index in [0.29, 0.717) is 10.8 Å². The number of nitrogens with zero attached hydrogens (tertiary/aromatic N) is 2. The first-order chi connectivity index (χ1) is 15.5. The third kappa shape index (κ3) is 4.42. The molecule has 0 fully saturated rings. The number of hydrogen-bond donors (Lipinski definition) is 1. The highest BCUT2D eigenvalue weighted by Crippen LogP contribution is 2.26. The highest BCUT2D eigenvalue weighted by atomic mass is 32.1. The van der Waals surface area contributed by atoms with Crippen molar-refractivity contribution >= 4 is 40.2 Å². The number of amides is 3. The van der Waals surface area contributed by atoms with Crippen molar-refractivity contribution in [3.05, 3.63) is 81.9 Å². The van der Waals surface area contributed by atoms with Crippen LogP contribution in [0.3, 0.4) is 0 Å². The standard InChI is InChI=1S/C23H19N3O5S/c1-2-31-19(27)11-16-13-32-23(24-16)25-20(28)15-8-9-17-18(10-15)22(30)26(21(17)29)12-14-6-4-3-5-7-14/h3-10,13H,2,11-12H2,1H3,(H,24,25,28). The van der Waals surface area contributed by atoms with Crippen molar-refractivity contribution in [1.82, 2.24) is 9.88 Å². The number of fused-ring (bicyclic) bond motifs is 1. The van der Waals surface area contributed by atoms with E-state index < -0.39 is 17.8 Å². The van der Waals surface area contributed by atoms with Crippen LogP contribution in [0.2, 0.25) is 0 Å². The van der Waals surface area contributed by atoms with Crippen LogP contribution in [0.4, 0.5) is 5.13 Å². The number of anilines is 1. The van der Waals surface area contributed by atoms with Gasteiger partial charge in [0, 0.05) is 10.9 Å². The molecule has 0 saturated heterocycles. The predicted octanol–water partition coefficient (Wildman–Crippen LogP) is 3.30. The van der Waals surface area contributed by atoms with Gasteiger partial charge in [0.25, 0.3) is 17.7 Å². The van der Waals surface area contributed by atoms with E-state index in [0.717, 1.165) is 5.56 Å². The zero-order valence-electron chi connectivity index (χ0n) is 17.2. The topological polar surface area (TPSA) is 106 Å². The van der Waals surface area contributed by atoms with Gasteiger partial charge in [0.15, 0.2) is 5.13 Å². The van der Waals surface area contributed by atoms with Gasteiger partial charge >= 0.3 is 5.97 Å². The summed E-state index contributed by atoms with van der Waals surface area (Å²) in [5, 5.41) is 4.65. The van der Waals surface area contributed by atoms with Gasteiger partial charge in [0.05, 0.1) is 36.4 Å². The fourth-order valence-electron chi connectivity index (χ4n) is 3.32. The summed E-state index contributed by atoms with van der Waals surface area (Å²) < 4.78 is 4.89. The monoisotopic (exact) mass is 449 g/mol.